The highest BCUT2D eigenvalue weighted by molar-refractivity contribution is 5.98. The number of halogens is 3. The summed E-state index contributed by atoms with van der Waals surface area (Å²) in [5, 5.41) is 18.4. The predicted molar refractivity (Wildman–Crippen MR) is 159 cm³/mol. The minimum atomic E-state index is -4.74. The van der Waals surface area contributed by atoms with E-state index in [4.69, 9.17) is 11.0 Å². The highest BCUT2D eigenvalue weighted by atomic mass is 19.4. The van der Waals surface area contributed by atoms with Gasteiger partial charge in [-0.15, -0.1) is 0 Å². The van der Waals surface area contributed by atoms with Crippen LogP contribution in [0.4, 0.5) is 24.7 Å². The number of amides is 2. The predicted octanol–water partition coefficient (Wildman–Crippen LogP) is 3.90. The number of carbonyl (C=O) groups is 2. The molecule has 0 unspecified atom stereocenters. The monoisotopic (exact) mass is 622 g/mol. The maximum Gasteiger partial charge on any atom is 0.435 e. The summed E-state index contributed by atoms with van der Waals surface area (Å²) in [5.74, 6) is -0.217. The number of likely N-dealkylation sites (tertiary alicyclic amines) is 1. The molecule has 15 heteroatoms. The first kappa shape index (κ1) is 31.5. The zero-order chi connectivity index (χ0) is 32.1. The molecule has 0 radical (unpaired) electrons. The lowest BCUT2D eigenvalue weighted by Gasteiger charge is -2.27. The zero-order valence-corrected chi connectivity index (χ0v) is 24.6. The van der Waals surface area contributed by atoms with Crippen LogP contribution in [0.25, 0.3) is 16.9 Å². The molecule has 1 aromatic carbocycles. The van der Waals surface area contributed by atoms with Crippen molar-refractivity contribution in [3.8, 4) is 17.3 Å². The van der Waals surface area contributed by atoms with Crippen LogP contribution in [0, 0.1) is 11.3 Å². The van der Waals surface area contributed by atoms with Gasteiger partial charge in [0.15, 0.2) is 17.2 Å². The van der Waals surface area contributed by atoms with Crippen LogP contribution in [-0.2, 0) is 23.9 Å². The second-order valence-corrected chi connectivity index (χ2v) is 10.8. The number of hydrogen-bond acceptors (Lipinski definition) is 8. The van der Waals surface area contributed by atoms with Crippen LogP contribution in [0.2, 0.25) is 0 Å². The fourth-order valence-electron chi connectivity index (χ4n) is 5.46. The van der Waals surface area contributed by atoms with E-state index in [0.717, 1.165) is 35.9 Å². The summed E-state index contributed by atoms with van der Waals surface area (Å²) in [6.45, 7) is 2.70. The molecule has 0 saturated carbocycles. The van der Waals surface area contributed by atoms with Gasteiger partial charge in [-0.1, -0.05) is 6.92 Å². The smallest absolute Gasteiger partial charge is 0.343 e. The third-order valence-electron chi connectivity index (χ3n) is 7.72. The maximum absolute atomic E-state index is 13.8. The van der Waals surface area contributed by atoms with E-state index >= 15 is 0 Å². The number of fused-ring (bicyclic) bond motifs is 1. The SMILES string of the molecule is CCc1cc(Nc2nccn3c(-c4cn(CC#N)nc4C(F)(F)F)cnc23)ccc1C(=O)NCC(=O)N1CCCC(N)CCC1. The molecular formula is C30H33F3N10O2. The summed E-state index contributed by atoms with van der Waals surface area (Å²) in [7, 11) is 0. The van der Waals surface area contributed by atoms with Gasteiger partial charge < -0.3 is 21.3 Å². The van der Waals surface area contributed by atoms with Gasteiger partial charge in [0, 0.05) is 49.0 Å². The lowest BCUT2D eigenvalue weighted by Crippen LogP contribution is -2.42. The van der Waals surface area contributed by atoms with Crippen molar-refractivity contribution in [2.45, 2.75) is 57.8 Å². The van der Waals surface area contributed by atoms with Gasteiger partial charge in [-0.2, -0.15) is 23.5 Å². The van der Waals surface area contributed by atoms with E-state index in [9.17, 15) is 22.8 Å². The molecule has 2 amide bonds. The summed E-state index contributed by atoms with van der Waals surface area (Å²) < 4.78 is 43.7. The van der Waals surface area contributed by atoms with Crippen molar-refractivity contribution in [3.05, 3.63) is 59.8 Å². The molecule has 1 aliphatic rings. The molecule has 4 N–H and O–H groups in total. The van der Waals surface area contributed by atoms with Crippen molar-refractivity contribution in [2.24, 2.45) is 5.73 Å². The molecule has 4 heterocycles. The highest BCUT2D eigenvalue weighted by Gasteiger charge is 2.38. The topological polar surface area (TPSA) is 159 Å². The number of carbonyl (C=O) groups excluding carboxylic acids is 2. The Kier molecular flexibility index (Phi) is 9.33. The number of alkyl halides is 3. The molecule has 1 fully saturated rings. The van der Waals surface area contributed by atoms with E-state index in [1.165, 1.54) is 29.2 Å². The summed E-state index contributed by atoms with van der Waals surface area (Å²) in [4.78, 5) is 36.2. The Morgan fingerprint density at radius 1 is 1.18 bits per heavy atom. The Labute approximate surface area is 257 Å². The summed E-state index contributed by atoms with van der Waals surface area (Å²) in [6, 6.07) is 7.07. The number of nitrogens with zero attached hydrogens (tertiary/aromatic N) is 7. The second kappa shape index (κ2) is 13.3. The Morgan fingerprint density at radius 3 is 2.62 bits per heavy atom. The molecule has 0 bridgehead atoms. The quantitative estimate of drug-likeness (QED) is 0.267. The van der Waals surface area contributed by atoms with Crippen molar-refractivity contribution >= 4 is 29.0 Å². The van der Waals surface area contributed by atoms with Gasteiger partial charge in [0.1, 0.15) is 6.54 Å². The molecule has 236 valence electrons. The Bertz CT molecular complexity index is 1730. The van der Waals surface area contributed by atoms with Crippen LogP contribution < -0.4 is 16.4 Å². The van der Waals surface area contributed by atoms with E-state index in [1.54, 1.807) is 29.2 Å². The Hall–Kier alpha value is -4.97. The molecule has 1 saturated heterocycles. The van der Waals surface area contributed by atoms with E-state index in [2.05, 4.69) is 25.7 Å². The van der Waals surface area contributed by atoms with Gasteiger partial charge in [0.25, 0.3) is 5.91 Å². The molecule has 0 spiro atoms. The standard InChI is InChI=1S/C30H33F3N10O2/c1-2-19-15-21(7-8-22(19)29(45)38-17-25(44)41-11-3-5-20(35)6-4-12-41)39-27-28-37-16-24(43(28)14-10-36-27)23-18-42(13-9-34)40-26(23)30(31,32)33/h7-8,10,14-16,18,20H,2-6,11-13,17,35H2,1H3,(H,36,39)(H,38,45). The largest absolute Gasteiger partial charge is 0.435 e. The number of aryl methyl sites for hydroxylation is 1. The normalized spacial score (nSPS) is 14.5. The fraction of sp³-hybridized carbons (Fsp3) is 0.400. The number of nitriles is 1. The van der Waals surface area contributed by atoms with Crippen LogP contribution in [-0.4, -0.2) is 66.5 Å². The van der Waals surface area contributed by atoms with Crippen LogP contribution in [0.15, 0.2) is 43.0 Å². The van der Waals surface area contributed by atoms with Gasteiger partial charge in [-0.05, 0) is 55.9 Å². The average molecular weight is 623 g/mol. The number of rotatable bonds is 8. The van der Waals surface area contributed by atoms with Gasteiger partial charge >= 0.3 is 6.18 Å². The van der Waals surface area contributed by atoms with E-state index < -0.39 is 11.9 Å². The number of benzene rings is 1. The van der Waals surface area contributed by atoms with Gasteiger partial charge in [-0.25, -0.2) is 9.97 Å². The van der Waals surface area contributed by atoms with Crippen molar-refractivity contribution in [2.75, 3.05) is 25.0 Å². The van der Waals surface area contributed by atoms with Crippen LogP contribution in [0.1, 0.15) is 54.2 Å². The molecule has 3 aromatic heterocycles. The molecule has 4 aromatic rings. The lowest BCUT2D eigenvalue weighted by molar-refractivity contribution is -0.141. The number of hydrogen-bond donors (Lipinski definition) is 3. The number of anilines is 2. The molecule has 0 atom stereocenters. The van der Waals surface area contributed by atoms with Crippen molar-refractivity contribution in [1.82, 2.24) is 34.4 Å². The van der Waals surface area contributed by atoms with Crippen molar-refractivity contribution in [1.29, 1.82) is 5.26 Å². The Balaban J connectivity index is 1.32. The summed E-state index contributed by atoms with van der Waals surface area (Å²) >= 11 is 0. The lowest BCUT2D eigenvalue weighted by atomic mass is 10.0. The number of nitrogens with one attached hydrogen (secondary N) is 2. The molecule has 5 rings (SSSR count). The number of nitrogens with two attached hydrogens (primary N) is 1. The fourth-order valence-corrected chi connectivity index (χ4v) is 5.46. The minimum absolute atomic E-state index is 0.104. The van der Waals surface area contributed by atoms with Crippen molar-refractivity contribution in [3.63, 3.8) is 0 Å². The molecular weight excluding hydrogens is 589 g/mol. The van der Waals surface area contributed by atoms with E-state index in [1.807, 2.05) is 6.92 Å². The first-order valence-electron chi connectivity index (χ1n) is 14.6. The second-order valence-electron chi connectivity index (χ2n) is 10.8. The van der Waals surface area contributed by atoms with Crippen LogP contribution in [0.5, 0.6) is 0 Å². The number of aromatic nitrogens is 5. The highest BCUT2D eigenvalue weighted by Crippen LogP contribution is 2.37. The summed E-state index contributed by atoms with van der Waals surface area (Å²) in [5.41, 5.74) is 6.81. The van der Waals surface area contributed by atoms with Gasteiger partial charge in [0.05, 0.1) is 30.1 Å². The average Bonchev–Trinajstić information content (AvgIpc) is 3.63. The molecule has 45 heavy (non-hydrogen) atoms. The third kappa shape index (κ3) is 7.07. The summed E-state index contributed by atoms with van der Waals surface area (Å²) in [6.07, 6.45) is 4.56. The zero-order valence-electron chi connectivity index (χ0n) is 24.6. The van der Waals surface area contributed by atoms with E-state index in [-0.39, 0.29) is 53.7 Å². The van der Waals surface area contributed by atoms with Gasteiger partial charge in [-0.3, -0.25) is 18.7 Å². The van der Waals surface area contributed by atoms with Crippen LogP contribution >= 0.6 is 0 Å². The molecule has 1 aliphatic heterocycles. The first-order chi connectivity index (χ1) is 21.6. The Morgan fingerprint density at radius 2 is 1.93 bits per heavy atom. The first-order valence-corrected chi connectivity index (χ1v) is 14.6. The van der Waals surface area contributed by atoms with Crippen LogP contribution in [0.3, 0.4) is 0 Å². The minimum Gasteiger partial charge on any atom is -0.343 e. The third-order valence-corrected chi connectivity index (χ3v) is 7.72. The van der Waals surface area contributed by atoms with E-state index in [0.29, 0.717) is 30.8 Å². The van der Waals surface area contributed by atoms with Crippen molar-refractivity contribution < 1.29 is 22.8 Å². The maximum atomic E-state index is 13.8. The molecule has 0 aliphatic carbocycles. The number of imidazole rings is 1. The van der Waals surface area contributed by atoms with Gasteiger partial charge in [0.2, 0.25) is 5.91 Å². The molecule has 12 nitrogen and oxygen atoms in total.